The van der Waals surface area contributed by atoms with E-state index in [9.17, 15) is 13.6 Å². The minimum absolute atomic E-state index is 0.165. The highest BCUT2D eigenvalue weighted by molar-refractivity contribution is 5.79. The van der Waals surface area contributed by atoms with Crippen molar-refractivity contribution in [1.82, 2.24) is 10.5 Å². The molecule has 2 aromatic carbocycles. The van der Waals surface area contributed by atoms with Gasteiger partial charge in [0.1, 0.15) is 18.1 Å². The Morgan fingerprint density at radius 2 is 1.86 bits per heavy atom. The molecule has 0 aliphatic rings. The van der Waals surface area contributed by atoms with Crippen molar-refractivity contribution in [3.05, 3.63) is 82.2 Å². The SMILES string of the molecule is Cc1noc(C)c1COc1ccc(CC(=O)NC(C)c2ccc(F)c(F)c2)cc1. The Morgan fingerprint density at radius 3 is 2.48 bits per heavy atom. The van der Waals surface area contributed by atoms with Gasteiger partial charge in [0, 0.05) is 0 Å². The lowest BCUT2D eigenvalue weighted by molar-refractivity contribution is -0.121. The number of aromatic nitrogens is 1. The van der Waals surface area contributed by atoms with Gasteiger partial charge in [-0.3, -0.25) is 4.79 Å². The van der Waals surface area contributed by atoms with Gasteiger partial charge in [-0.05, 0) is 56.2 Å². The van der Waals surface area contributed by atoms with Crippen LogP contribution in [0.1, 0.15) is 41.1 Å². The van der Waals surface area contributed by atoms with Crippen molar-refractivity contribution < 1.29 is 22.8 Å². The fraction of sp³-hybridized carbons (Fsp3) is 0.273. The van der Waals surface area contributed by atoms with Crippen LogP contribution in [0, 0.1) is 25.5 Å². The molecule has 3 aromatic rings. The second kappa shape index (κ2) is 8.86. The molecule has 3 rings (SSSR count). The first-order valence-electron chi connectivity index (χ1n) is 9.21. The molecule has 0 saturated carbocycles. The third kappa shape index (κ3) is 5.19. The van der Waals surface area contributed by atoms with Crippen LogP contribution in [0.3, 0.4) is 0 Å². The molecule has 0 fully saturated rings. The number of carbonyl (C=O) groups excluding carboxylic acids is 1. The van der Waals surface area contributed by atoms with Gasteiger partial charge in [0.15, 0.2) is 11.6 Å². The minimum atomic E-state index is -0.934. The Kier molecular flexibility index (Phi) is 6.26. The molecule has 0 radical (unpaired) electrons. The maximum absolute atomic E-state index is 13.4. The standard InChI is InChI=1S/C22H22F2N2O3/c1-13(17-6-9-20(23)21(24)11-17)25-22(27)10-16-4-7-18(8-5-16)28-12-19-14(2)26-29-15(19)3/h4-9,11,13H,10,12H2,1-3H3,(H,25,27). The molecular formula is C22H22F2N2O3. The molecule has 29 heavy (non-hydrogen) atoms. The van der Waals surface area contributed by atoms with Crippen LogP contribution in [-0.2, 0) is 17.8 Å². The van der Waals surface area contributed by atoms with Gasteiger partial charge < -0.3 is 14.6 Å². The van der Waals surface area contributed by atoms with E-state index in [1.54, 1.807) is 19.1 Å². The summed E-state index contributed by atoms with van der Waals surface area (Å²) in [6, 6.07) is 10.4. The molecule has 5 nitrogen and oxygen atoms in total. The topological polar surface area (TPSA) is 64.4 Å². The molecule has 1 atom stereocenters. The van der Waals surface area contributed by atoms with E-state index in [2.05, 4.69) is 10.5 Å². The van der Waals surface area contributed by atoms with E-state index in [0.29, 0.717) is 17.9 Å². The molecule has 1 unspecified atom stereocenters. The third-order valence-electron chi connectivity index (χ3n) is 4.67. The van der Waals surface area contributed by atoms with Crippen LogP contribution >= 0.6 is 0 Å². The average Bonchev–Trinajstić information content (AvgIpc) is 3.01. The Balaban J connectivity index is 1.53. The fourth-order valence-corrected chi connectivity index (χ4v) is 2.91. The summed E-state index contributed by atoms with van der Waals surface area (Å²) < 4.78 is 37.2. The monoisotopic (exact) mass is 400 g/mol. The highest BCUT2D eigenvalue weighted by Gasteiger charge is 2.13. The number of rotatable bonds is 7. The van der Waals surface area contributed by atoms with Crippen LogP contribution in [0.15, 0.2) is 47.0 Å². The Labute approximate surface area is 167 Å². The number of hydrogen-bond donors (Lipinski definition) is 1. The van der Waals surface area contributed by atoms with Crippen LogP contribution in [0.5, 0.6) is 5.75 Å². The van der Waals surface area contributed by atoms with E-state index >= 15 is 0 Å². The lowest BCUT2D eigenvalue weighted by atomic mass is 10.1. The number of benzene rings is 2. The molecule has 1 N–H and O–H groups in total. The summed E-state index contributed by atoms with van der Waals surface area (Å²) in [5.74, 6) is -0.665. The maximum atomic E-state index is 13.4. The van der Waals surface area contributed by atoms with Crippen LogP contribution < -0.4 is 10.1 Å². The smallest absolute Gasteiger partial charge is 0.224 e. The zero-order chi connectivity index (χ0) is 21.0. The van der Waals surface area contributed by atoms with Gasteiger partial charge in [-0.25, -0.2) is 8.78 Å². The predicted molar refractivity (Wildman–Crippen MR) is 103 cm³/mol. The van der Waals surface area contributed by atoms with Crippen molar-refractivity contribution in [2.24, 2.45) is 0 Å². The number of aryl methyl sites for hydroxylation is 2. The van der Waals surface area contributed by atoms with Crippen LogP contribution in [0.2, 0.25) is 0 Å². The zero-order valence-corrected chi connectivity index (χ0v) is 16.5. The first-order valence-corrected chi connectivity index (χ1v) is 9.21. The lowest BCUT2D eigenvalue weighted by Gasteiger charge is -2.15. The molecule has 0 aliphatic heterocycles. The third-order valence-corrected chi connectivity index (χ3v) is 4.67. The Hall–Kier alpha value is -3.22. The van der Waals surface area contributed by atoms with Crippen molar-refractivity contribution >= 4 is 5.91 Å². The van der Waals surface area contributed by atoms with E-state index < -0.39 is 17.7 Å². The average molecular weight is 400 g/mol. The normalized spacial score (nSPS) is 11.9. The predicted octanol–water partition coefficient (Wildman–Crippen LogP) is 4.57. The number of carbonyl (C=O) groups is 1. The molecule has 0 saturated heterocycles. The highest BCUT2D eigenvalue weighted by atomic mass is 19.2. The van der Waals surface area contributed by atoms with Gasteiger partial charge >= 0.3 is 0 Å². The summed E-state index contributed by atoms with van der Waals surface area (Å²) in [5, 5.41) is 6.68. The van der Waals surface area contributed by atoms with Crippen LogP contribution in [-0.4, -0.2) is 11.1 Å². The summed E-state index contributed by atoms with van der Waals surface area (Å²) in [4.78, 5) is 12.3. The van der Waals surface area contributed by atoms with E-state index in [-0.39, 0.29) is 12.3 Å². The largest absolute Gasteiger partial charge is 0.489 e. The lowest BCUT2D eigenvalue weighted by Crippen LogP contribution is -2.28. The molecule has 1 aromatic heterocycles. The number of amides is 1. The van der Waals surface area contributed by atoms with Gasteiger partial charge in [0.05, 0.1) is 23.7 Å². The summed E-state index contributed by atoms with van der Waals surface area (Å²) in [7, 11) is 0. The number of hydrogen-bond acceptors (Lipinski definition) is 4. The van der Waals surface area contributed by atoms with E-state index in [4.69, 9.17) is 9.26 Å². The second-order valence-electron chi connectivity index (χ2n) is 6.87. The molecule has 7 heteroatoms. The summed E-state index contributed by atoms with van der Waals surface area (Å²) in [6.45, 7) is 5.77. The van der Waals surface area contributed by atoms with E-state index in [0.717, 1.165) is 34.7 Å². The molecule has 1 amide bonds. The maximum Gasteiger partial charge on any atom is 0.224 e. The van der Waals surface area contributed by atoms with E-state index in [1.165, 1.54) is 6.07 Å². The zero-order valence-electron chi connectivity index (χ0n) is 16.5. The van der Waals surface area contributed by atoms with Gasteiger partial charge in [-0.1, -0.05) is 23.4 Å². The summed E-state index contributed by atoms with van der Waals surface area (Å²) in [5.41, 5.74) is 3.02. The van der Waals surface area contributed by atoms with Gasteiger partial charge in [-0.2, -0.15) is 0 Å². The number of halogens is 2. The first-order chi connectivity index (χ1) is 13.8. The first kappa shape index (κ1) is 20.5. The summed E-state index contributed by atoms with van der Waals surface area (Å²) >= 11 is 0. The number of nitrogens with zero attached hydrogens (tertiary/aromatic N) is 1. The molecule has 0 spiro atoms. The van der Waals surface area contributed by atoms with Gasteiger partial charge in [0.25, 0.3) is 0 Å². The highest BCUT2D eigenvalue weighted by Crippen LogP contribution is 2.19. The number of nitrogens with one attached hydrogen (secondary N) is 1. The molecular weight excluding hydrogens is 378 g/mol. The minimum Gasteiger partial charge on any atom is -0.489 e. The Morgan fingerprint density at radius 1 is 1.14 bits per heavy atom. The fourth-order valence-electron chi connectivity index (χ4n) is 2.91. The molecule has 0 aliphatic carbocycles. The number of ether oxygens (including phenoxy) is 1. The van der Waals surface area contributed by atoms with Crippen molar-refractivity contribution in [3.8, 4) is 5.75 Å². The van der Waals surface area contributed by atoms with Crippen LogP contribution in [0.25, 0.3) is 0 Å². The van der Waals surface area contributed by atoms with Gasteiger partial charge in [0.2, 0.25) is 5.91 Å². The van der Waals surface area contributed by atoms with Crippen molar-refractivity contribution in [2.75, 3.05) is 0 Å². The van der Waals surface area contributed by atoms with Crippen molar-refractivity contribution in [3.63, 3.8) is 0 Å². The molecule has 152 valence electrons. The quantitative estimate of drug-likeness (QED) is 0.631. The van der Waals surface area contributed by atoms with E-state index in [1.807, 2.05) is 26.0 Å². The Bertz CT molecular complexity index is 980. The summed E-state index contributed by atoms with van der Waals surface area (Å²) in [6.07, 6.45) is 0.165. The van der Waals surface area contributed by atoms with Gasteiger partial charge in [-0.15, -0.1) is 0 Å². The molecule has 1 heterocycles. The molecule has 0 bridgehead atoms. The second-order valence-corrected chi connectivity index (χ2v) is 6.87. The van der Waals surface area contributed by atoms with Crippen molar-refractivity contribution in [1.29, 1.82) is 0 Å². The van der Waals surface area contributed by atoms with Crippen molar-refractivity contribution in [2.45, 2.75) is 39.8 Å². The van der Waals surface area contributed by atoms with Crippen LogP contribution in [0.4, 0.5) is 8.78 Å².